The van der Waals surface area contributed by atoms with Crippen molar-refractivity contribution in [1.82, 2.24) is 0 Å². The van der Waals surface area contributed by atoms with Gasteiger partial charge in [0, 0.05) is 14.8 Å². The van der Waals surface area contributed by atoms with Gasteiger partial charge < -0.3 is 5.11 Å². The maximum Gasteiger partial charge on any atom is 0.337 e. The third kappa shape index (κ3) is 2.24. The van der Waals surface area contributed by atoms with E-state index in [1.165, 1.54) is 0 Å². The lowest BCUT2D eigenvalue weighted by Crippen LogP contribution is -2.02. The highest BCUT2D eigenvalue weighted by atomic mass is 79.9. The molecule has 0 unspecified atom stereocenters. The van der Waals surface area contributed by atoms with Crippen LogP contribution >= 0.6 is 43.5 Å². The second-order valence-corrected chi connectivity index (χ2v) is 4.25. The number of carbonyl (C=O) groups is 1. The van der Waals surface area contributed by atoms with Crippen LogP contribution < -0.4 is 0 Å². The van der Waals surface area contributed by atoms with Crippen molar-refractivity contribution in [2.24, 2.45) is 0 Å². The van der Waals surface area contributed by atoms with Crippen LogP contribution in [-0.2, 0) is 5.88 Å². The van der Waals surface area contributed by atoms with E-state index >= 15 is 0 Å². The first-order chi connectivity index (χ1) is 6.07. The van der Waals surface area contributed by atoms with Crippen molar-refractivity contribution in [2.45, 2.75) is 5.88 Å². The molecule has 0 bridgehead atoms. The first-order valence-electron chi connectivity index (χ1n) is 3.34. The fourth-order valence-corrected chi connectivity index (χ4v) is 2.04. The van der Waals surface area contributed by atoms with Crippen LogP contribution in [0.1, 0.15) is 15.9 Å². The summed E-state index contributed by atoms with van der Waals surface area (Å²) in [6, 6.07) is 3.44. The van der Waals surface area contributed by atoms with Crippen molar-refractivity contribution in [2.75, 3.05) is 0 Å². The predicted octanol–water partition coefficient (Wildman–Crippen LogP) is 3.65. The van der Waals surface area contributed by atoms with E-state index < -0.39 is 5.97 Å². The van der Waals surface area contributed by atoms with Crippen molar-refractivity contribution >= 4 is 49.4 Å². The van der Waals surface area contributed by atoms with Crippen molar-refractivity contribution < 1.29 is 9.90 Å². The largest absolute Gasteiger partial charge is 0.478 e. The molecule has 1 aromatic rings. The molecule has 0 amide bonds. The maximum atomic E-state index is 10.8. The summed E-state index contributed by atoms with van der Waals surface area (Å²) in [5.74, 6) is -0.795. The molecule has 0 radical (unpaired) electrons. The predicted molar refractivity (Wildman–Crippen MR) is 58.4 cm³/mol. The molecule has 0 aromatic heterocycles. The van der Waals surface area contributed by atoms with Gasteiger partial charge in [0.25, 0.3) is 0 Å². The quantitative estimate of drug-likeness (QED) is 0.842. The fourth-order valence-electron chi connectivity index (χ4n) is 0.933. The summed E-state index contributed by atoms with van der Waals surface area (Å²) in [6.45, 7) is 0. The number of hydrogen-bond donors (Lipinski definition) is 1. The van der Waals surface area contributed by atoms with E-state index in [2.05, 4.69) is 31.9 Å². The molecule has 0 saturated heterocycles. The van der Waals surface area contributed by atoms with E-state index in [1.807, 2.05) is 0 Å². The van der Waals surface area contributed by atoms with Gasteiger partial charge in [0.1, 0.15) is 0 Å². The van der Waals surface area contributed by atoms with Gasteiger partial charge in [-0.3, -0.25) is 0 Å². The molecule has 5 heteroatoms. The van der Waals surface area contributed by atoms with Gasteiger partial charge >= 0.3 is 5.97 Å². The van der Waals surface area contributed by atoms with Crippen LogP contribution in [0.4, 0.5) is 0 Å². The Hall–Kier alpha value is -0.0600. The Morgan fingerprint density at radius 3 is 2.54 bits per heavy atom. The zero-order valence-electron chi connectivity index (χ0n) is 6.35. The molecular weight excluding hydrogens is 323 g/mol. The maximum absolute atomic E-state index is 10.8. The number of aromatic carboxylic acids is 1. The Balaban J connectivity index is 3.41. The molecule has 0 fully saturated rings. The Labute approximate surface area is 97.2 Å². The molecule has 13 heavy (non-hydrogen) atoms. The van der Waals surface area contributed by atoms with Crippen LogP contribution in [-0.4, -0.2) is 11.1 Å². The summed E-state index contributed by atoms with van der Waals surface area (Å²) in [5.41, 5.74) is 0.814. The Morgan fingerprint density at radius 2 is 2.08 bits per heavy atom. The standard InChI is InChI=1S/C8H5Br2ClO2/c9-5-2-1-4(3-11)6(7(5)10)8(12)13/h1-2H,3H2,(H,12,13). The third-order valence-electron chi connectivity index (χ3n) is 1.54. The van der Waals surface area contributed by atoms with E-state index in [1.54, 1.807) is 12.1 Å². The summed E-state index contributed by atoms with van der Waals surface area (Å²) >= 11 is 12.0. The number of benzene rings is 1. The molecule has 0 heterocycles. The average Bonchev–Trinajstić information content (AvgIpc) is 2.08. The molecule has 1 rings (SSSR count). The van der Waals surface area contributed by atoms with Gasteiger partial charge in [-0.25, -0.2) is 4.79 Å². The highest BCUT2D eigenvalue weighted by Crippen LogP contribution is 2.30. The average molecular weight is 328 g/mol. The van der Waals surface area contributed by atoms with Crippen LogP contribution in [0.3, 0.4) is 0 Å². The van der Waals surface area contributed by atoms with E-state index in [0.29, 0.717) is 14.5 Å². The van der Waals surface area contributed by atoms with Gasteiger partial charge in [-0.05, 0) is 43.5 Å². The van der Waals surface area contributed by atoms with Crippen LogP contribution in [0.5, 0.6) is 0 Å². The van der Waals surface area contributed by atoms with Crippen LogP contribution in [0, 0.1) is 0 Å². The lowest BCUT2D eigenvalue weighted by Gasteiger charge is -2.06. The summed E-state index contributed by atoms with van der Waals surface area (Å²) in [5, 5.41) is 8.89. The monoisotopic (exact) mass is 326 g/mol. The minimum atomic E-state index is -0.983. The number of hydrogen-bond acceptors (Lipinski definition) is 1. The van der Waals surface area contributed by atoms with Gasteiger partial charge in [0.2, 0.25) is 0 Å². The molecule has 2 nitrogen and oxygen atoms in total. The summed E-state index contributed by atoms with van der Waals surface area (Å²) < 4.78 is 1.23. The van der Waals surface area contributed by atoms with Crippen molar-refractivity contribution in [1.29, 1.82) is 0 Å². The molecule has 0 aliphatic carbocycles. The molecule has 0 saturated carbocycles. The SMILES string of the molecule is O=C(O)c1c(CCl)ccc(Br)c1Br. The first kappa shape index (κ1) is 11.0. The Morgan fingerprint density at radius 1 is 1.46 bits per heavy atom. The van der Waals surface area contributed by atoms with Crippen molar-refractivity contribution in [3.05, 3.63) is 32.2 Å². The molecule has 0 aliphatic heterocycles. The molecule has 70 valence electrons. The Bertz CT molecular complexity index is 352. The Kier molecular flexibility index (Phi) is 3.76. The summed E-state index contributed by atoms with van der Waals surface area (Å²) in [4.78, 5) is 10.8. The number of alkyl halides is 1. The summed E-state index contributed by atoms with van der Waals surface area (Å²) in [6.07, 6.45) is 0. The van der Waals surface area contributed by atoms with E-state index in [4.69, 9.17) is 16.7 Å². The van der Waals surface area contributed by atoms with E-state index in [9.17, 15) is 4.79 Å². The molecule has 0 atom stereocenters. The highest BCUT2D eigenvalue weighted by Gasteiger charge is 2.15. The number of rotatable bonds is 2. The number of carboxylic acid groups (broad SMARTS) is 1. The minimum Gasteiger partial charge on any atom is -0.478 e. The minimum absolute atomic E-state index is 0.188. The van der Waals surface area contributed by atoms with Crippen molar-refractivity contribution in [3.8, 4) is 0 Å². The van der Waals surface area contributed by atoms with Gasteiger partial charge in [0.15, 0.2) is 0 Å². The number of carboxylic acids is 1. The summed E-state index contributed by atoms with van der Waals surface area (Å²) in [7, 11) is 0. The molecule has 0 spiro atoms. The zero-order chi connectivity index (χ0) is 10.0. The van der Waals surface area contributed by atoms with Gasteiger partial charge in [-0.1, -0.05) is 6.07 Å². The van der Waals surface area contributed by atoms with Crippen LogP contribution in [0.25, 0.3) is 0 Å². The highest BCUT2D eigenvalue weighted by molar-refractivity contribution is 9.13. The van der Waals surface area contributed by atoms with Crippen molar-refractivity contribution in [3.63, 3.8) is 0 Å². The lowest BCUT2D eigenvalue weighted by molar-refractivity contribution is 0.0695. The number of halogens is 3. The molecule has 1 aromatic carbocycles. The van der Waals surface area contributed by atoms with Gasteiger partial charge in [-0.15, -0.1) is 11.6 Å². The normalized spacial score (nSPS) is 10.1. The smallest absolute Gasteiger partial charge is 0.337 e. The first-order valence-corrected chi connectivity index (χ1v) is 5.46. The second-order valence-electron chi connectivity index (χ2n) is 2.33. The second kappa shape index (κ2) is 4.44. The van der Waals surface area contributed by atoms with E-state index in [0.717, 1.165) is 0 Å². The molecule has 1 N–H and O–H groups in total. The lowest BCUT2D eigenvalue weighted by atomic mass is 10.1. The van der Waals surface area contributed by atoms with Crippen LogP contribution in [0.2, 0.25) is 0 Å². The zero-order valence-corrected chi connectivity index (χ0v) is 10.3. The third-order valence-corrected chi connectivity index (χ3v) is 3.84. The van der Waals surface area contributed by atoms with Gasteiger partial charge in [0.05, 0.1) is 5.56 Å². The topological polar surface area (TPSA) is 37.3 Å². The van der Waals surface area contributed by atoms with E-state index in [-0.39, 0.29) is 11.4 Å². The van der Waals surface area contributed by atoms with Gasteiger partial charge in [-0.2, -0.15) is 0 Å². The fraction of sp³-hybridized carbons (Fsp3) is 0.125. The molecular formula is C8H5Br2ClO2. The van der Waals surface area contributed by atoms with Crippen LogP contribution in [0.15, 0.2) is 21.1 Å². The molecule has 0 aliphatic rings.